The minimum Gasteiger partial charge on any atom is -0.396 e. The molecule has 0 bridgehead atoms. The fraction of sp³-hybridized carbons (Fsp3) is 0.583. The number of hydrogen-bond donors (Lipinski definition) is 2. The molecular weight excluding hydrogens is 186 g/mol. The number of nitrogens with zero attached hydrogens (tertiary/aromatic N) is 1. The van der Waals surface area contributed by atoms with Gasteiger partial charge in [0.25, 0.3) is 0 Å². The number of nitrogens with one attached hydrogen (secondary N) is 1. The Bertz CT molecular complexity index is 356. The maximum Gasteiger partial charge on any atom is 0.149 e. The number of nitrogens with two attached hydrogens (primary N) is 1. The predicted molar refractivity (Wildman–Crippen MR) is 63.8 cm³/mol. The molecule has 0 amide bonds. The van der Waals surface area contributed by atoms with Gasteiger partial charge in [0.2, 0.25) is 0 Å². The third-order valence-corrected chi connectivity index (χ3v) is 3.39. The second-order valence-electron chi connectivity index (χ2n) is 4.66. The summed E-state index contributed by atoms with van der Waals surface area (Å²) in [5.41, 5.74) is 8.27. The van der Waals surface area contributed by atoms with E-state index in [-0.39, 0.29) is 0 Å². The van der Waals surface area contributed by atoms with Crippen LogP contribution in [0.15, 0.2) is 12.3 Å². The van der Waals surface area contributed by atoms with Crippen LogP contribution in [0.3, 0.4) is 0 Å². The number of nitrogen functional groups attached to an aromatic ring is 1. The summed E-state index contributed by atoms with van der Waals surface area (Å²) < 4.78 is 0. The van der Waals surface area contributed by atoms with Crippen molar-refractivity contribution < 1.29 is 0 Å². The highest BCUT2D eigenvalue weighted by molar-refractivity contribution is 5.61. The van der Waals surface area contributed by atoms with Crippen molar-refractivity contribution in [1.82, 2.24) is 4.98 Å². The van der Waals surface area contributed by atoms with Crippen molar-refractivity contribution in [1.29, 1.82) is 0 Å². The lowest BCUT2D eigenvalue weighted by atomic mass is 10.0. The molecule has 1 fully saturated rings. The molecule has 1 aromatic rings. The predicted octanol–water partition coefficient (Wildman–Crippen LogP) is 2.57. The van der Waals surface area contributed by atoms with Gasteiger partial charge in [-0.15, -0.1) is 0 Å². The standard InChI is InChI=1S/C12H19N3/c1-3-12(4-5-12)8-15-11-10(13)6-9(2)7-14-11/h6-7H,3-5,8,13H2,1-2H3,(H,14,15). The van der Waals surface area contributed by atoms with E-state index in [1.807, 2.05) is 19.2 Å². The van der Waals surface area contributed by atoms with E-state index in [9.17, 15) is 0 Å². The number of rotatable bonds is 4. The summed E-state index contributed by atoms with van der Waals surface area (Å²) >= 11 is 0. The van der Waals surface area contributed by atoms with Crippen LogP contribution in [-0.2, 0) is 0 Å². The van der Waals surface area contributed by atoms with E-state index < -0.39 is 0 Å². The Balaban J connectivity index is 1.99. The highest BCUT2D eigenvalue weighted by Gasteiger charge is 2.40. The van der Waals surface area contributed by atoms with E-state index in [4.69, 9.17) is 5.73 Å². The molecule has 0 radical (unpaired) electrons. The molecule has 3 nitrogen and oxygen atoms in total. The van der Waals surface area contributed by atoms with Gasteiger partial charge in [0.05, 0.1) is 5.69 Å². The van der Waals surface area contributed by atoms with E-state index in [1.165, 1.54) is 19.3 Å². The molecule has 0 atom stereocenters. The van der Waals surface area contributed by atoms with Crippen LogP contribution in [0.1, 0.15) is 31.7 Å². The molecule has 1 saturated carbocycles. The molecule has 1 aliphatic rings. The van der Waals surface area contributed by atoms with Gasteiger partial charge in [0.15, 0.2) is 0 Å². The molecule has 2 rings (SSSR count). The molecular formula is C12H19N3. The zero-order valence-electron chi connectivity index (χ0n) is 9.51. The number of hydrogen-bond acceptors (Lipinski definition) is 3. The summed E-state index contributed by atoms with van der Waals surface area (Å²) in [4.78, 5) is 4.31. The molecule has 0 spiro atoms. The van der Waals surface area contributed by atoms with E-state index in [0.717, 1.165) is 23.6 Å². The SMILES string of the molecule is CCC1(CNc2ncc(C)cc2N)CC1. The van der Waals surface area contributed by atoms with E-state index in [1.54, 1.807) is 0 Å². The van der Waals surface area contributed by atoms with Gasteiger partial charge in [-0.1, -0.05) is 6.92 Å². The molecule has 3 heteroatoms. The molecule has 1 heterocycles. The summed E-state index contributed by atoms with van der Waals surface area (Å²) in [5.74, 6) is 0.834. The van der Waals surface area contributed by atoms with Crippen molar-refractivity contribution >= 4 is 11.5 Å². The van der Waals surface area contributed by atoms with Crippen molar-refractivity contribution in [2.45, 2.75) is 33.1 Å². The van der Waals surface area contributed by atoms with Gasteiger partial charge >= 0.3 is 0 Å². The zero-order valence-corrected chi connectivity index (χ0v) is 9.51. The van der Waals surface area contributed by atoms with E-state index in [0.29, 0.717) is 5.41 Å². The topological polar surface area (TPSA) is 50.9 Å². The van der Waals surface area contributed by atoms with Crippen molar-refractivity contribution in [2.24, 2.45) is 5.41 Å². The van der Waals surface area contributed by atoms with Gasteiger partial charge in [0.1, 0.15) is 5.82 Å². The number of aromatic nitrogens is 1. The maximum atomic E-state index is 5.89. The van der Waals surface area contributed by atoms with E-state index >= 15 is 0 Å². The molecule has 0 aliphatic heterocycles. The monoisotopic (exact) mass is 205 g/mol. The van der Waals surface area contributed by atoms with Crippen molar-refractivity contribution in [3.63, 3.8) is 0 Å². The van der Waals surface area contributed by atoms with E-state index in [2.05, 4.69) is 17.2 Å². The average Bonchev–Trinajstić information content (AvgIpc) is 2.97. The Morgan fingerprint density at radius 2 is 2.27 bits per heavy atom. The van der Waals surface area contributed by atoms with Gasteiger partial charge < -0.3 is 11.1 Å². The lowest BCUT2D eigenvalue weighted by Crippen LogP contribution is -2.16. The van der Waals surface area contributed by atoms with Crippen LogP contribution in [-0.4, -0.2) is 11.5 Å². The summed E-state index contributed by atoms with van der Waals surface area (Å²) in [6.45, 7) is 5.26. The average molecular weight is 205 g/mol. The van der Waals surface area contributed by atoms with Gasteiger partial charge in [-0.05, 0) is 43.2 Å². The fourth-order valence-electron chi connectivity index (χ4n) is 1.84. The van der Waals surface area contributed by atoms with Gasteiger partial charge in [0, 0.05) is 12.7 Å². The van der Waals surface area contributed by atoms with Gasteiger partial charge in [-0.25, -0.2) is 4.98 Å². The van der Waals surface area contributed by atoms with Crippen LogP contribution in [0.25, 0.3) is 0 Å². The lowest BCUT2D eigenvalue weighted by molar-refractivity contribution is 0.521. The molecule has 15 heavy (non-hydrogen) atoms. The third kappa shape index (κ3) is 2.22. The number of pyridine rings is 1. The Hall–Kier alpha value is -1.25. The second kappa shape index (κ2) is 3.72. The highest BCUT2D eigenvalue weighted by atomic mass is 15.0. The van der Waals surface area contributed by atoms with Crippen LogP contribution in [0.5, 0.6) is 0 Å². The molecule has 0 saturated heterocycles. The lowest BCUT2D eigenvalue weighted by Gasteiger charge is -2.15. The zero-order chi connectivity index (χ0) is 10.9. The van der Waals surface area contributed by atoms with Crippen molar-refractivity contribution in [3.8, 4) is 0 Å². The first-order chi connectivity index (χ1) is 7.15. The van der Waals surface area contributed by atoms with Crippen LogP contribution in [0, 0.1) is 12.3 Å². The minimum absolute atomic E-state index is 0.527. The largest absolute Gasteiger partial charge is 0.396 e. The van der Waals surface area contributed by atoms with Crippen LogP contribution in [0.4, 0.5) is 11.5 Å². The number of anilines is 2. The quantitative estimate of drug-likeness (QED) is 0.794. The first kappa shape index (κ1) is 10.3. The summed E-state index contributed by atoms with van der Waals surface area (Å²) in [7, 11) is 0. The molecule has 0 unspecified atom stereocenters. The minimum atomic E-state index is 0.527. The van der Waals surface area contributed by atoms with Crippen LogP contribution in [0.2, 0.25) is 0 Å². The molecule has 1 aromatic heterocycles. The van der Waals surface area contributed by atoms with Gasteiger partial charge in [-0.2, -0.15) is 0 Å². The normalized spacial score (nSPS) is 17.5. The first-order valence-corrected chi connectivity index (χ1v) is 5.61. The Kier molecular flexibility index (Phi) is 2.55. The Morgan fingerprint density at radius 1 is 1.53 bits per heavy atom. The molecule has 1 aliphatic carbocycles. The summed E-state index contributed by atoms with van der Waals surface area (Å²) in [6.07, 6.45) is 5.76. The highest BCUT2D eigenvalue weighted by Crippen LogP contribution is 2.48. The first-order valence-electron chi connectivity index (χ1n) is 5.61. The molecule has 0 aromatic carbocycles. The second-order valence-corrected chi connectivity index (χ2v) is 4.66. The van der Waals surface area contributed by atoms with Crippen molar-refractivity contribution in [3.05, 3.63) is 17.8 Å². The summed E-state index contributed by atoms with van der Waals surface area (Å²) in [6, 6.07) is 1.96. The van der Waals surface area contributed by atoms with Crippen molar-refractivity contribution in [2.75, 3.05) is 17.6 Å². The summed E-state index contributed by atoms with van der Waals surface area (Å²) in [5, 5.41) is 3.36. The Morgan fingerprint density at radius 3 is 2.80 bits per heavy atom. The van der Waals surface area contributed by atoms with Crippen LogP contribution >= 0.6 is 0 Å². The van der Waals surface area contributed by atoms with Gasteiger partial charge in [-0.3, -0.25) is 0 Å². The molecule has 82 valence electrons. The maximum absolute atomic E-state index is 5.89. The Labute approximate surface area is 91.1 Å². The van der Waals surface area contributed by atoms with Crippen LogP contribution < -0.4 is 11.1 Å². The molecule has 3 N–H and O–H groups in total. The fourth-order valence-corrected chi connectivity index (χ4v) is 1.84. The smallest absolute Gasteiger partial charge is 0.149 e. The third-order valence-electron chi connectivity index (χ3n) is 3.39. The number of aryl methyl sites for hydroxylation is 1.